The molecule has 2 fully saturated rings. The number of H-pyrrole nitrogens is 1. The summed E-state index contributed by atoms with van der Waals surface area (Å²) in [6.45, 7) is 4.77. The summed E-state index contributed by atoms with van der Waals surface area (Å²) in [5.41, 5.74) is 8.11. The number of aromatic amines is 1. The number of fused-ring (bicyclic) bond motifs is 2. The van der Waals surface area contributed by atoms with Gasteiger partial charge >= 0.3 is 0 Å². The van der Waals surface area contributed by atoms with Crippen molar-refractivity contribution in [1.82, 2.24) is 19.4 Å². The molecule has 1 aliphatic heterocycles. The quantitative estimate of drug-likeness (QED) is 0.320. The van der Waals surface area contributed by atoms with E-state index < -0.39 is 0 Å². The molecule has 3 heterocycles. The number of benzene rings is 3. The number of carbonyl (C=O) groups is 1. The number of hydrogen-bond donors (Lipinski definition) is 1. The lowest BCUT2D eigenvalue weighted by Gasteiger charge is -2.18. The number of aromatic nitrogens is 3. The van der Waals surface area contributed by atoms with Gasteiger partial charge in [-0.05, 0) is 72.4 Å². The summed E-state index contributed by atoms with van der Waals surface area (Å²) in [6.07, 6.45) is 5.19. The van der Waals surface area contributed by atoms with E-state index in [2.05, 4.69) is 88.1 Å². The lowest BCUT2D eigenvalue weighted by Crippen LogP contribution is -2.30. The fourth-order valence-electron chi connectivity index (χ4n) is 5.76. The summed E-state index contributed by atoms with van der Waals surface area (Å²) in [5.74, 6) is 2.14. The molecular weight excluding hydrogens is 444 g/mol. The Morgan fingerprint density at radius 1 is 0.972 bits per heavy atom. The summed E-state index contributed by atoms with van der Waals surface area (Å²) < 4.78 is 2.39. The summed E-state index contributed by atoms with van der Waals surface area (Å²) in [6, 6.07) is 23.9. The minimum atomic E-state index is 0.298. The Kier molecular flexibility index (Phi) is 4.98. The van der Waals surface area contributed by atoms with E-state index in [1.807, 2.05) is 6.20 Å². The third-order valence-electron chi connectivity index (χ3n) is 7.98. The molecule has 2 aliphatic rings. The first kappa shape index (κ1) is 21.4. The van der Waals surface area contributed by atoms with Crippen molar-refractivity contribution in [2.24, 2.45) is 11.8 Å². The van der Waals surface area contributed by atoms with E-state index in [4.69, 9.17) is 4.98 Å². The fourth-order valence-corrected chi connectivity index (χ4v) is 5.76. The maximum absolute atomic E-state index is 12.6. The van der Waals surface area contributed by atoms with Gasteiger partial charge in [0.15, 0.2) is 0 Å². The number of imidazole rings is 1. The second-order valence-electron chi connectivity index (χ2n) is 10.6. The predicted molar refractivity (Wildman–Crippen MR) is 145 cm³/mol. The van der Waals surface area contributed by atoms with Gasteiger partial charge < -0.3 is 14.5 Å². The highest BCUT2D eigenvalue weighted by Gasteiger charge is 2.36. The standard InChI is InChI=1S/C31H30N4O/c1-20-3-2-4-28-29(20)33-30(35(28)19-21-14-16-34(18-21)31(36)25-10-11-25)24-8-5-22(6-9-24)26-12-7-23-13-15-32-27(23)17-26/h2-9,12-13,15,17,21,25,32H,10-11,14,16,18-19H2,1H3/t21-/m1/s1. The van der Waals surface area contributed by atoms with E-state index in [9.17, 15) is 4.79 Å². The van der Waals surface area contributed by atoms with Crippen molar-refractivity contribution in [2.45, 2.75) is 32.7 Å². The average Bonchev–Trinajstić information content (AvgIpc) is 3.30. The minimum Gasteiger partial charge on any atom is -0.361 e. The van der Waals surface area contributed by atoms with Crippen molar-refractivity contribution in [2.75, 3.05) is 13.1 Å². The summed E-state index contributed by atoms with van der Waals surface area (Å²) in [4.78, 5) is 23.2. The highest BCUT2D eigenvalue weighted by molar-refractivity contribution is 5.86. The van der Waals surface area contributed by atoms with Gasteiger partial charge in [0.1, 0.15) is 5.82 Å². The molecule has 5 heteroatoms. The molecule has 0 radical (unpaired) electrons. The van der Waals surface area contributed by atoms with Gasteiger partial charge in [-0.3, -0.25) is 4.79 Å². The van der Waals surface area contributed by atoms with Crippen LogP contribution in [-0.4, -0.2) is 38.4 Å². The molecule has 180 valence electrons. The topological polar surface area (TPSA) is 53.9 Å². The van der Waals surface area contributed by atoms with Gasteiger partial charge in [0.25, 0.3) is 0 Å². The molecule has 5 aromatic rings. The molecule has 1 saturated carbocycles. The molecule has 36 heavy (non-hydrogen) atoms. The first-order chi connectivity index (χ1) is 17.6. The maximum atomic E-state index is 12.6. The smallest absolute Gasteiger partial charge is 0.225 e. The third kappa shape index (κ3) is 3.70. The summed E-state index contributed by atoms with van der Waals surface area (Å²) >= 11 is 0. The number of hydrogen-bond acceptors (Lipinski definition) is 2. The number of likely N-dealkylation sites (tertiary alicyclic amines) is 1. The molecule has 1 aliphatic carbocycles. The molecular formula is C31H30N4O. The van der Waals surface area contributed by atoms with Crippen LogP contribution in [0.1, 0.15) is 24.8 Å². The minimum absolute atomic E-state index is 0.298. The molecule has 7 rings (SSSR count). The number of rotatable bonds is 5. The van der Waals surface area contributed by atoms with Gasteiger partial charge in [-0.15, -0.1) is 0 Å². The SMILES string of the molecule is Cc1cccc2c1nc(-c1ccc(-c3ccc4cc[nH]c4c3)cc1)n2C[C@@H]1CCN(C(=O)C2CC2)C1. The molecule has 0 bridgehead atoms. The Morgan fingerprint density at radius 3 is 2.61 bits per heavy atom. The number of nitrogens with one attached hydrogen (secondary N) is 1. The van der Waals surface area contributed by atoms with Crippen LogP contribution in [0, 0.1) is 18.8 Å². The van der Waals surface area contributed by atoms with Gasteiger partial charge in [0, 0.05) is 42.8 Å². The molecule has 0 unspecified atom stereocenters. The second kappa shape index (κ2) is 8.37. The molecule has 0 spiro atoms. The predicted octanol–water partition coefficient (Wildman–Crippen LogP) is 6.42. The number of carbonyl (C=O) groups excluding carboxylic acids is 1. The van der Waals surface area contributed by atoms with Gasteiger partial charge in [0.05, 0.1) is 11.0 Å². The molecule has 3 aromatic carbocycles. The Hall–Kier alpha value is -3.86. The van der Waals surface area contributed by atoms with Crippen LogP contribution in [0.4, 0.5) is 0 Å². The van der Waals surface area contributed by atoms with Crippen molar-refractivity contribution in [1.29, 1.82) is 0 Å². The van der Waals surface area contributed by atoms with Crippen molar-refractivity contribution in [3.8, 4) is 22.5 Å². The number of aryl methyl sites for hydroxylation is 1. The Balaban J connectivity index is 1.22. The third-order valence-corrected chi connectivity index (χ3v) is 7.98. The number of nitrogens with zero attached hydrogens (tertiary/aromatic N) is 3. The van der Waals surface area contributed by atoms with E-state index in [-0.39, 0.29) is 0 Å². The van der Waals surface area contributed by atoms with Crippen LogP contribution >= 0.6 is 0 Å². The van der Waals surface area contributed by atoms with Crippen LogP contribution in [0.15, 0.2) is 72.9 Å². The van der Waals surface area contributed by atoms with Crippen molar-refractivity contribution < 1.29 is 4.79 Å². The number of amides is 1. The average molecular weight is 475 g/mol. The summed E-state index contributed by atoms with van der Waals surface area (Å²) in [5, 5.41) is 1.23. The van der Waals surface area contributed by atoms with Gasteiger partial charge in [-0.1, -0.05) is 48.5 Å². The van der Waals surface area contributed by atoms with Crippen molar-refractivity contribution in [3.05, 3.63) is 78.5 Å². The monoisotopic (exact) mass is 474 g/mol. The largest absolute Gasteiger partial charge is 0.361 e. The van der Waals surface area contributed by atoms with Crippen LogP contribution in [0.2, 0.25) is 0 Å². The maximum Gasteiger partial charge on any atom is 0.225 e. The normalized spacial score (nSPS) is 17.9. The lowest BCUT2D eigenvalue weighted by atomic mass is 10.0. The Bertz CT molecular complexity index is 1590. The first-order valence-corrected chi connectivity index (χ1v) is 13.1. The fraction of sp³-hybridized carbons (Fsp3) is 0.290. The molecule has 1 N–H and O–H groups in total. The zero-order valence-corrected chi connectivity index (χ0v) is 20.6. The van der Waals surface area contributed by atoms with E-state index in [1.54, 1.807) is 0 Å². The van der Waals surface area contributed by atoms with E-state index >= 15 is 0 Å². The van der Waals surface area contributed by atoms with Crippen LogP contribution in [-0.2, 0) is 11.3 Å². The molecule has 1 saturated heterocycles. The van der Waals surface area contributed by atoms with Crippen LogP contribution in [0.3, 0.4) is 0 Å². The second-order valence-corrected chi connectivity index (χ2v) is 10.6. The zero-order valence-electron chi connectivity index (χ0n) is 20.6. The van der Waals surface area contributed by atoms with Crippen molar-refractivity contribution in [3.63, 3.8) is 0 Å². The van der Waals surface area contributed by atoms with Gasteiger partial charge in [-0.2, -0.15) is 0 Å². The van der Waals surface area contributed by atoms with E-state index in [0.29, 0.717) is 17.7 Å². The van der Waals surface area contributed by atoms with Crippen molar-refractivity contribution >= 4 is 27.8 Å². The van der Waals surface area contributed by atoms with E-state index in [0.717, 1.165) is 61.3 Å². The lowest BCUT2D eigenvalue weighted by molar-refractivity contribution is -0.131. The highest BCUT2D eigenvalue weighted by Crippen LogP contribution is 2.35. The van der Waals surface area contributed by atoms with E-state index in [1.165, 1.54) is 27.6 Å². The van der Waals surface area contributed by atoms with Gasteiger partial charge in [0.2, 0.25) is 5.91 Å². The van der Waals surface area contributed by atoms with Crippen LogP contribution < -0.4 is 0 Å². The summed E-state index contributed by atoms with van der Waals surface area (Å²) in [7, 11) is 0. The van der Waals surface area contributed by atoms with Gasteiger partial charge in [-0.25, -0.2) is 4.98 Å². The highest BCUT2D eigenvalue weighted by atomic mass is 16.2. The first-order valence-electron chi connectivity index (χ1n) is 13.1. The Labute approximate surface area is 210 Å². The molecule has 2 aromatic heterocycles. The van der Waals surface area contributed by atoms with Crippen LogP contribution in [0.5, 0.6) is 0 Å². The molecule has 1 amide bonds. The Morgan fingerprint density at radius 2 is 1.78 bits per heavy atom. The molecule has 5 nitrogen and oxygen atoms in total. The number of para-hydroxylation sites is 1. The van der Waals surface area contributed by atoms with Crippen LogP contribution in [0.25, 0.3) is 44.5 Å². The zero-order chi connectivity index (χ0) is 24.2. The molecule has 1 atom stereocenters.